The van der Waals surface area contributed by atoms with Gasteiger partial charge < -0.3 is 10.2 Å². The monoisotopic (exact) mass is 332 g/mol. The average molecular weight is 332 g/mol. The zero-order chi connectivity index (χ0) is 15.4. The van der Waals surface area contributed by atoms with Gasteiger partial charge in [-0.2, -0.15) is 5.10 Å². The number of thiophene rings is 2. The molecular weight excluding hydrogens is 312 g/mol. The third-order valence-corrected chi connectivity index (χ3v) is 5.49. The minimum absolute atomic E-state index is 0.400. The highest BCUT2D eigenvalue weighted by atomic mass is 32.1. The molecule has 0 fully saturated rings. The Morgan fingerprint density at radius 1 is 1.23 bits per heavy atom. The third kappa shape index (κ3) is 3.47. The Morgan fingerprint density at radius 3 is 2.73 bits per heavy atom. The second kappa shape index (κ2) is 7.19. The van der Waals surface area contributed by atoms with Gasteiger partial charge in [-0.15, -0.1) is 22.7 Å². The van der Waals surface area contributed by atoms with Crippen molar-refractivity contribution in [1.82, 2.24) is 20.4 Å². The summed E-state index contributed by atoms with van der Waals surface area (Å²) in [6.45, 7) is 1.74. The number of nitrogens with zero attached hydrogens (tertiary/aromatic N) is 2. The normalized spacial score (nSPS) is 12.9. The lowest BCUT2D eigenvalue weighted by atomic mass is 10.2. The van der Waals surface area contributed by atoms with Gasteiger partial charge in [0.15, 0.2) is 0 Å². The summed E-state index contributed by atoms with van der Waals surface area (Å²) >= 11 is 3.54. The zero-order valence-corrected chi connectivity index (χ0v) is 14.4. The van der Waals surface area contributed by atoms with E-state index in [1.165, 1.54) is 15.3 Å². The minimum atomic E-state index is 0.400. The van der Waals surface area contributed by atoms with Crippen LogP contribution in [-0.4, -0.2) is 35.7 Å². The highest BCUT2D eigenvalue weighted by Gasteiger charge is 2.15. The lowest BCUT2D eigenvalue weighted by Crippen LogP contribution is -2.30. The lowest BCUT2D eigenvalue weighted by molar-refractivity contribution is 0.292. The molecule has 2 N–H and O–H groups in total. The van der Waals surface area contributed by atoms with Crippen molar-refractivity contribution in [2.75, 3.05) is 20.6 Å². The Balaban J connectivity index is 1.62. The standard InChI is InChI=1S/C16H20N4S2/c1-20(2)13(14-5-3-7-21-14)11-17-9-12-10-18-19-16(12)15-6-4-8-22-15/h3-8,10,13,17H,9,11H2,1-2H3,(H,18,19)/t13-/m0/s1. The summed E-state index contributed by atoms with van der Waals surface area (Å²) in [5.41, 5.74) is 2.34. The first-order valence-electron chi connectivity index (χ1n) is 7.22. The van der Waals surface area contributed by atoms with Crippen molar-refractivity contribution in [2.45, 2.75) is 12.6 Å². The average Bonchev–Trinajstić information content (AvgIpc) is 3.22. The molecule has 1 atom stereocenters. The number of likely N-dealkylation sites (N-methyl/N-ethyl adjacent to an activating group) is 1. The fraction of sp³-hybridized carbons (Fsp3) is 0.312. The smallest absolute Gasteiger partial charge is 0.0794 e. The molecule has 22 heavy (non-hydrogen) atoms. The third-order valence-electron chi connectivity index (χ3n) is 3.63. The van der Waals surface area contributed by atoms with Crippen molar-refractivity contribution in [3.8, 4) is 10.6 Å². The summed E-state index contributed by atoms with van der Waals surface area (Å²) in [7, 11) is 4.25. The molecule has 0 unspecified atom stereocenters. The molecule has 3 aromatic rings. The molecule has 0 spiro atoms. The van der Waals surface area contributed by atoms with E-state index in [1.54, 1.807) is 11.3 Å². The van der Waals surface area contributed by atoms with E-state index in [9.17, 15) is 0 Å². The molecule has 0 aliphatic carbocycles. The van der Waals surface area contributed by atoms with Crippen LogP contribution in [0.5, 0.6) is 0 Å². The number of nitrogens with one attached hydrogen (secondary N) is 2. The van der Waals surface area contributed by atoms with Crippen molar-refractivity contribution >= 4 is 22.7 Å². The molecule has 0 aliphatic heterocycles. The maximum absolute atomic E-state index is 4.19. The van der Waals surface area contributed by atoms with E-state index in [4.69, 9.17) is 0 Å². The zero-order valence-electron chi connectivity index (χ0n) is 12.7. The van der Waals surface area contributed by atoms with Crippen LogP contribution >= 0.6 is 22.7 Å². The van der Waals surface area contributed by atoms with Gasteiger partial charge >= 0.3 is 0 Å². The number of aromatic amines is 1. The molecule has 3 heterocycles. The lowest BCUT2D eigenvalue weighted by Gasteiger charge is -2.23. The van der Waals surface area contributed by atoms with E-state index in [0.29, 0.717) is 6.04 Å². The second-order valence-electron chi connectivity index (χ2n) is 5.37. The Morgan fingerprint density at radius 2 is 2.05 bits per heavy atom. The first-order valence-corrected chi connectivity index (χ1v) is 8.98. The van der Waals surface area contributed by atoms with Crippen LogP contribution in [0.1, 0.15) is 16.5 Å². The molecule has 3 rings (SSSR count). The van der Waals surface area contributed by atoms with Crippen LogP contribution in [0, 0.1) is 0 Å². The van der Waals surface area contributed by atoms with Crippen molar-refractivity contribution in [3.63, 3.8) is 0 Å². The number of aromatic nitrogens is 2. The van der Waals surface area contributed by atoms with E-state index in [-0.39, 0.29) is 0 Å². The predicted molar refractivity (Wildman–Crippen MR) is 94.4 cm³/mol. The first-order chi connectivity index (χ1) is 10.8. The molecule has 4 nitrogen and oxygen atoms in total. The Kier molecular flexibility index (Phi) is 5.04. The summed E-state index contributed by atoms with van der Waals surface area (Å²) in [4.78, 5) is 4.88. The van der Waals surface area contributed by atoms with Gasteiger partial charge in [-0.25, -0.2) is 0 Å². The molecule has 0 aliphatic rings. The summed E-state index contributed by atoms with van der Waals surface area (Å²) in [6, 6.07) is 8.90. The van der Waals surface area contributed by atoms with Crippen molar-refractivity contribution in [2.24, 2.45) is 0 Å². The first kappa shape index (κ1) is 15.4. The largest absolute Gasteiger partial charge is 0.311 e. The van der Waals surface area contributed by atoms with Crippen LogP contribution in [0.15, 0.2) is 41.2 Å². The van der Waals surface area contributed by atoms with Gasteiger partial charge in [0.1, 0.15) is 0 Å². The van der Waals surface area contributed by atoms with E-state index in [2.05, 4.69) is 69.5 Å². The molecule has 116 valence electrons. The molecule has 0 radical (unpaired) electrons. The molecule has 3 aromatic heterocycles. The van der Waals surface area contributed by atoms with Gasteiger partial charge in [-0.3, -0.25) is 5.10 Å². The van der Waals surface area contributed by atoms with Crippen LogP contribution < -0.4 is 5.32 Å². The van der Waals surface area contributed by atoms with E-state index in [1.807, 2.05) is 17.5 Å². The number of rotatable bonds is 7. The SMILES string of the molecule is CN(C)[C@@H](CNCc1cn[nH]c1-c1cccs1)c1cccs1. The summed E-state index contributed by atoms with van der Waals surface area (Å²) in [6.07, 6.45) is 1.91. The van der Waals surface area contributed by atoms with E-state index < -0.39 is 0 Å². The Bertz CT molecular complexity index is 671. The maximum atomic E-state index is 4.19. The minimum Gasteiger partial charge on any atom is -0.311 e. The molecule has 0 saturated heterocycles. The van der Waals surface area contributed by atoms with Crippen molar-refractivity contribution in [1.29, 1.82) is 0 Å². The molecule has 0 saturated carbocycles. The molecular formula is C16H20N4S2. The fourth-order valence-corrected chi connectivity index (χ4v) is 4.12. The van der Waals surface area contributed by atoms with Gasteiger partial charge in [-0.1, -0.05) is 12.1 Å². The van der Waals surface area contributed by atoms with Crippen LogP contribution in [-0.2, 0) is 6.54 Å². The Labute approximate surface area is 138 Å². The quantitative estimate of drug-likeness (QED) is 0.695. The van der Waals surface area contributed by atoms with Crippen molar-refractivity contribution < 1.29 is 0 Å². The number of hydrogen-bond acceptors (Lipinski definition) is 5. The maximum Gasteiger partial charge on any atom is 0.0794 e. The predicted octanol–water partition coefficient (Wildman–Crippen LogP) is 3.59. The van der Waals surface area contributed by atoms with Crippen LogP contribution in [0.3, 0.4) is 0 Å². The number of H-pyrrole nitrogens is 1. The van der Waals surface area contributed by atoms with Crippen molar-refractivity contribution in [3.05, 3.63) is 51.7 Å². The molecule has 6 heteroatoms. The van der Waals surface area contributed by atoms with Gasteiger partial charge in [-0.05, 0) is 37.0 Å². The van der Waals surface area contributed by atoms with E-state index >= 15 is 0 Å². The molecule has 0 bridgehead atoms. The van der Waals surface area contributed by atoms with Gasteiger partial charge in [0.25, 0.3) is 0 Å². The van der Waals surface area contributed by atoms with Crippen LogP contribution in [0.25, 0.3) is 10.6 Å². The van der Waals surface area contributed by atoms with Gasteiger partial charge in [0.2, 0.25) is 0 Å². The topological polar surface area (TPSA) is 44.0 Å². The fourth-order valence-electron chi connectivity index (χ4n) is 2.44. The summed E-state index contributed by atoms with van der Waals surface area (Å²) in [5.74, 6) is 0. The van der Waals surface area contributed by atoms with Gasteiger partial charge in [0.05, 0.1) is 22.8 Å². The Hall–Kier alpha value is -1.47. The second-order valence-corrected chi connectivity index (χ2v) is 7.30. The molecule has 0 aromatic carbocycles. The highest BCUT2D eigenvalue weighted by molar-refractivity contribution is 7.13. The highest BCUT2D eigenvalue weighted by Crippen LogP contribution is 2.26. The molecule has 0 amide bonds. The summed E-state index contributed by atoms with van der Waals surface area (Å²) in [5, 5.41) is 15.1. The summed E-state index contributed by atoms with van der Waals surface area (Å²) < 4.78 is 0. The van der Waals surface area contributed by atoms with Crippen LogP contribution in [0.2, 0.25) is 0 Å². The van der Waals surface area contributed by atoms with Crippen LogP contribution in [0.4, 0.5) is 0 Å². The number of hydrogen-bond donors (Lipinski definition) is 2. The van der Waals surface area contributed by atoms with E-state index in [0.717, 1.165) is 18.8 Å². The van der Waals surface area contributed by atoms with Gasteiger partial charge in [0, 0.05) is 23.5 Å².